The topological polar surface area (TPSA) is 35.5 Å². The summed E-state index contributed by atoms with van der Waals surface area (Å²) in [5.74, 6) is 0. The van der Waals surface area contributed by atoms with Gasteiger partial charge in [-0.25, -0.2) is 0 Å². The molecule has 2 aliphatic heterocycles. The van der Waals surface area contributed by atoms with Gasteiger partial charge in [-0.05, 0) is 62.8 Å². The Morgan fingerprint density at radius 2 is 1.81 bits per heavy atom. The molecule has 2 fully saturated rings. The van der Waals surface area contributed by atoms with E-state index in [9.17, 15) is 0 Å². The molecule has 3 rings (SSSR count). The summed E-state index contributed by atoms with van der Waals surface area (Å²) in [7, 11) is 0. The monoisotopic (exact) mass is 288 g/mol. The minimum atomic E-state index is 0.235. The van der Waals surface area contributed by atoms with Crippen molar-refractivity contribution in [2.45, 2.75) is 63.6 Å². The number of rotatable bonds is 5. The fourth-order valence-electron chi connectivity index (χ4n) is 4.22. The minimum Gasteiger partial charge on any atom is -0.396 e. The normalized spacial score (nSPS) is 28.7. The van der Waals surface area contributed by atoms with Gasteiger partial charge in [0.2, 0.25) is 0 Å². The van der Waals surface area contributed by atoms with Crippen LogP contribution in [0.15, 0.2) is 24.3 Å². The van der Waals surface area contributed by atoms with Crippen LogP contribution in [0, 0.1) is 0 Å². The van der Waals surface area contributed by atoms with Crippen LogP contribution in [0.4, 0.5) is 5.69 Å². The highest BCUT2D eigenvalue weighted by Gasteiger charge is 2.37. The highest BCUT2D eigenvalue weighted by molar-refractivity contribution is 5.51. The van der Waals surface area contributed by atoms with Crippen LogP contribution in [0.3, 0.4) is 0 Å². The number of aliphatic hydroxyl groups excluding tert-OH is 1. The van der Waals surface area contributed by atoms with Gasteiger partial charge in [-0.1, -0.05) is 19.1 Å². The molecule has 0 aliphatic carbocycles. The van der Waals surface area contributed by atoms with Crippen LogP contribution in [-0.2, 0) is 6.42 Å². The molecule has 3 nitrogen and oxygen atoms in total. The molecular weight excluding hydrogens is 260 g/mol. The van der Waals surface area contributed by atoms with Crippen LogP contribution in [0.1, 0.15) is 44.6 Å². The highest BCUT2D eigenvalue weighted by atomic mass is 16.2. The number of piperidine rings is 2. The van der Waals surface area contributed by atoms with E-state index in [0.29, 0.717) is 18.1 Å². The number of hydrogen-bond donors (Lipinski definition) is 2. The molecule has 0 saturated carbocycles. The summed E-state index contributed by atoms with van der Waals surface area (Å²) in [6.07, 6.45) is 7.36. The molecule has 0 amide bonds. The van der Waals surface area contributed by atoms with E-state index in [4.69, 9.17) is 5.11 Å². The molecule has 2 saturated heterocycles. The molecule has 3 heteroatoms. The van der Waals surface area contributed by atoms with Crippen molar-refractivity contribution in [3.8, 4) is 0 Å². The van der Waals surface area contributed by atoms with Crippen LogP contribution in [0.25, 0.3) is 0 Å². The number of benzene rings is 1. The lowest BCUT2D eigenvalue weighted by molar-refractivity contribution is 0.247. The van der Waals surface area contributed by atoms with Gasteiger partial charge in [-0.15, -0.1) is 0 Å². The summed E-state index contributed by atoms with van der Waals surface area (Å²) >= 11 is 0. The van der Waals surface area contributed by atoms with Gasteiger partial charge in [0.25, 0.3) is 0 Å². The number of hydrogen-bond acceptors (Lipinski definition) is 3. The molecule has 0 radical (unpaired) electrons. The fraction of sp³-hybridized carbons (Fsp3) is 0.667. The van der Waals surface area contributed by atoms with Gasteiger partial charge >= 0.3 is 0 Å². The van der Waals surface area contributed by atoms with Crippen molar-refractivity contribution in [3.63, 3.8) is 0 Å². The van der Waals surface area contributed by atoms with E-state index < -0.39 is 0 Å². The molecule has 2 unspecified atom stereocenters. The van der Waals surface area contributed by atoms with Gasteiger partial charge in [0.05, 0.1) is 0 Å². The maximum absolute atomic E-state index is 9.03. The Morgan fingerprint density at radius 1 is 1.14 bits per heavy atom. The van der Waals surface area contributed by atoms with E-state index in [1.54, 1.807) is 0 Å². The standard InChI is InChI=1S/C18H28N2O/c1-2-19-15-12-17-4-3-5-18(13-15)20(17)16-8-6-14(7-9-16)10-11-21/h6-9,15,17-19,21H,2-5,10-13H2,1H3. The molecule has 21 heavy (non-hydrogen) atoms. The first-order valence-electron chi connectivity index (χ1n) is 8.53. The second-order valence-corrected chi connectivity index (χ2v) is 6.51. The van der Waals surface area contributed by atoms with Gasteiger partial charge in [0, 0.05) is 30.4 Å². The molecule has 2 aliphatic rings. The van der Waals surface area contributed by atoms with Gasteiger partial charge in [-0.3, -0.25) is 0 Å². The van der Waals surface area contributed by atoms with Gasteiger partial charge in [0.15, 0.2) is 0 Å². The van der Waals surface area contributed by atoms with Crippen molar-refractivity contribution in [1.29, 1.82) is 0 Å². The summed E-state index contributed by atoms with van der Waals surface area (Å²) in [6, 6.07) is 11.0. The Balaban J connectivity index is 1.75. The Labute approximate surface area is 128 Å². The van der Waals surface area contributed by atoms with Crippen LogP contribution in [0.5, 0.6) is 0 Å². The van der Waals surface area contributed by atoms with Gasteiger partial charge in [0.1, 0.15) is 0 Å². The van der Waals surface area contributed by atoms with Crippen molar-refractivity contribution in [3.05, 3.63) is 29.8 Å². The zero-order valence-electron chi connectivity index (χ0n) is 13.1. The van der Waals surface area contributed by atoms with Crippen molar-refractivity contribution in [2.24, 2.45) is 0 Å². The number of nitrogens with zero attached hydrogens (tertiary/aromatic N) is 1. The second-order valence-electron chi connectivity index (χ2n) is 6.51. The lowest BCUT2D eigenvalue weighted by Gasteiger charge is -2.50. The predicted octanol–water partition coefficient (Wildman–Crippen LogP) is 2.72. The average Bonchev–Trinajstić information content (AvgIpc) is 2.48. The molecule has 2 heterocycles. The largest absolute Gasteiger partial charge is 0.396 e. The maximum atomic E-state index is 9.03. The molecule has 2 atom stereocenters. The zero-order valence-corrected chi connectivity index (χ0v) is 13.1. The van der Waals surface area contributed by atoms with E-state index >= 15 is 0 Å². The first kappa shape index (κ1) is 14.9. The molecular formula is C18H28N2O. The number of nitrogens with one attached hydrogen (secondary N) is 1. The first-order valence-corrected chi connectivity index (χ1v) is 8.53. The van der Waals surface area contributed by atoms with Crippen molar-refractivity contribution >= 4 is 5.69 Å². The Hall–Kier alpha value is -1.06. The average molecular weight is 288 g/mol. The SMILES string of the molecule is CCNC1CC2CCCC(C1)N2c1ccc(CCO)cc1. The van der Waals surface area contributed by atoms with Crippen molar-refractivity contribution in [2.75, 3.05) is 18.1 Å². The molecule has 1 aromatic rings. The lowest BCUT2D eigenvalue weighted by atomic mass is 9.81. The molecule has 0 spiro atoms. The Kier molecular flexibility index (Phi) is 4.81. The van der Waals surface area contributed by atoms with Crippen LogP contribution < -0.4 is 10.2 Å². The molecule has 0 aromatic heterocycles. The highest BCUT2D eigenvalue weighted by Crippen LogP contribution is 2.37. The van der Waals surface area contributed by atoms with Gasteiger partial charge < -0.3 is 15.3 Å². The predicted molar refractivity (Wildman–Crippen MR) is 87.8 cm³/mol. The first-order chi connectivity index (χ1) is 10.3. The number of fused-ring (bicyclic) bond motifs is 2. The van der Waals surface area contributed by atoms with E-state index in [1.165, 1.54) is 43.4 Å². The summed E-state index contributed by atoms with van der Waals surface area (Å²) in [6.45, 7) is 3.53. The van der Waals surface area contributed by atoms with Crippen LogP contribution >= 0.6 is 0 Å². The number of anilines is 1. The third-order valence-electron chi connectivity index (χ3n) is 5.10. The molecule has 2 bridgehead atoms. The second kappa shape index (κ2) is 6.80. The van der Waals surface area contributed by atoms with Crippen molar-refractivity contribution in [1.82, 2.24) is 5.32 Å². The Bertz CT molecular complexity index is 431. The van der Waals surface area contributed by atoms with E-state index in [1.807, 2.05) is 0 Å². The molecule has 116 valence electrons. The van der Waals surface area contributed by atoms with Crippen LogP contribution in [0.2, 0.25) is 0 Å². The molecule has 2 N–H and O–H groups in total. The van der Waals surface area contributed by atoms with E-state index in [-0.39, 0.29) is 6.61 Å². The van der Waals surface area contributed by atoms with Gasteiger partial charge in [-0.2, -0.15) is 0 Å². The maximum Gasteiger partial charge on any atom is 0.0471 e. The third-order valence-corrected chi connectivity index (χ3v) is 5.10. The summed E-state index contributed by atoms with van der Waals surface area (Å²) in [5, 5.41) is 12.7. The van der Waals surface area contributed by atoms with Crippen LogP contribution in [-0.4, -0.2) is 36.4 Å². The minimum absolute atomic E-state index is 0.235. The molecule has 1 aromatic carbocycles. The Morgan fingerprint density at radius 3 is 2.38 bits per heavy atom. The smallest absolute Gasteiger partial charge is 0.0471 e. The summed E-state index contributed by atoms with van der Waals surface area (Å²) in [4.78, 5) is 2.68. The summed E-state index contributed by atoms with van der Waals surface area (Å²) in [5.41, 5.74) is 2.61. The van der Waals surface area contributed by atoms with E-state index in [2.05, 4.69) is 41.4 Å². The number of aliphatic hydroxyl groups is 1. The van der Waals surface area contributed by atoms with Crippen molar-refractivity contribution < 1.29 is 5.11 Å². The quantitative estimate of drug-likeness (QED) is 0.874. The zero-order chi connectivity index (χ0) is 14.7. The third kappa shape index (κ3) is 3.24. The fourth-order valence-corrected chi connectivity index (χ4v) is 4.22. The summed E-state index contributed by atoms with van der Waals surface area (Å²) < 4.78 is 0. The van der Waals surface area contributed by atoms with E-state index in [0.717, 1.165) is 13.0 Å². The lowest BCUT2D eigenvalue weighted by Crippen LogP contribution is -2.56.